The lowest BCUT2D eigenvalue weighted by molar-refractivity contribution is 0.190. The van der Waals surface area contributed by atoms with Crippen LogP contribution in [-0.4, -0.2) is 19.8 Å². The van der Waals surface area contributed by atoms with E-state index in [-0.39, 0.29) is 11.6 Å². The summed E-state index contributed by atoms with van der Waals surface area (Å²) < 4.78 is 17.9. The number of benzene rings is 1. The summed E-state index contributed by atoms with van der Waals surface area (Å²) in [7, 11) is 1.61. The first kappa shape index (κ1) is 11.5. The molecule has 4 heteroatoms. The van der Waals surface area contributed by atoms with Crippen molar-refractivity contribution in [3.63, 3.8) is 0 Å². The maximum Gasteiger partial charge on any atom is 0.141 e. The highest BCUT2D eigenvalue weighted by Crippen LogP contribution is 2.14. The molecule has 15 heavy (non-hydrogen) atoms. The van der Waals surface area contributed by atoms with Gasteiger partial charge in [0.15, 0.2) is 0 Å². The first-order valence-corrected chi connectivity index (χ1v) is 4.62. The van der Waals surface area contributed by atoms with E-state index in [2.05, 4.69) is 5.32 Å². The van der Waals surface area contributed by atoms with E-state index in [1.807, 2.05) is 6.92 Å². The summed E-state index contributed by atoms with van der Waals surface area (Å²) in [6, 6.07) is 6.28. The Balaban J connectivity index is 2.75. The van der Waals surface area contributed by atoms with Crippen molar-refractivity contribution in [1.29, 1.82) is 5.26 Å². The van der Waals surface area contributed by atoms with Crippen molar-refractivity contribution in [3.8, 4) is 6.07 Å². The Labute approximate surface area is 88.5 Å². The van der Waals surface area contributed by atoms with Gasteiger partial charge in [0.05, 0.1) is 12.2 Å². The highest BCUT2D eigenvalue weighted by molar-refractivity contribution is 5.50. The molecule has 0 aliphatic carbocycles. The molecule has 0 saturated carbocycles. The average molecular weight is 208 g/mol. The smallest absolute Gasteiger partial charge is 0.141 e. The van der Waals surface area contributed by atoms with E-state index in [4.69, 9.17) is 10.00 Å². The van der Waals surface area contributed by atoms with E-state index < -0.39 is 5.82 Å². The number of hydrogen-bond acceptors (Lipinski definition) is 3. The minimum Gasteiger partial charge on any atom is -0.383 e. The second-order valence-electron chi connectivity index (χ2n) is 3.31. The van der Waals surface area contributed by atoms with Crippen LogP contribution in [-0.2, 0) is 4.74 Å². The topological polar surface area (TPSA) is 45.0 Å². The molecular formula is C11H13FN2O. The van der Waals surface area contributed by atoms with Crippen LogP contribution >= 0.6 is 0 Å². The van der Waals surface area contributed by atoms with Gasteiger partial charge >= 0.3 is 0 Å². The molecule has 0 saturated heterocycles. The Morgan fingerprint density at radius 2 is 2.33 bits per heavy atom. The van der Waals surface area contributed by atoms with E-state index in [9.17, 15) is 4.39 Å². The predicted molar refractivity (Wildman–Crippen MR) is 56.1 cm³/mol. The Morgan fingerprint density at radius 3 is 2.93 bits per heavy atom. The molecule has 0 heterocycles. The summed E-state index contributed by atoms with van der Waals surface area (Å²) in [5.41, 5.74) is 0.766. The summed E-state index contributed by atoms with van der Waals surface area (Å²) in [5, 5.41) is 11.7. The summed E-state index contributed by atoms with van der Waals surface area (Å²) in [5.74, 6) is -0.498. The van der Waals surface area contributed by atoms with Crippen LogP contribution in [0.1, 0.15) is 12.5 Å². The lowest BCUT2D eigenvalue weighted by Gasteiger charge is -2.14. The van der Waals surface area contributed by atoms with E-state index in [1.54, 1.807) is 19.2 Å². The van der Waals surface area contributed by atoms with Gasteiger partial charge in [0, 0.05) is 18.8 Å². The molecule has 1 unspecified atom stereocenters. The van der Waals surface area contributed by atoms with Crippen molar-refractivity contribution < 1.29 is 9.13 Å². The molecule has 1 aromatic rings. The number of nitrogens with zero attached hydrogens (tertiary/aromatic N) is 1. The van der Waals surface area contributed by atoms with E-state index in [0.717, 1.165) is 5.69 Å². The van der Waals surface area contributed by atoms with Crippen LogP contribution in [0.25, 0.3) is 0 Å². The van der Waals surface area contributed by atoms with Gasteiger partial charge in [-0.25, -0.2) is 4.39 Å². The van der Waals surface area contributed by atoms with Gasteiger partial charge in [-0.3, -0.25) is 0 Å². The van der Waals surface area contributed by atoms with Gasteiger partial charge in [-0.05, 0) is 25.1 Å². The van der Waals surface area contributed by atoms with Gasteiger partial charge in [0.1, 0.15) is 11.9 Å². The number of ether oxygens (including phenoxy) is 1. The Bertz CT molecular complexity index is 373. The molecule has 1 rings (SSSR count). The number of nitrogens with one attached hydrogen (secondary N) is 1. The number of methoxy groups -OCH3 is 1. The van der Waals surface area contributed by atoms with E-state index in [0.29, 0.717) is 6.61 Å². The molecule has 0 radical (unpaired) electrons. The van der Waals surface area contributed by atoms with Crippen molar-refractivity contribution in [2.24, 2.45) is 0 Å². The van der Waals surface area contributed by atoms with Gasteiger partial charge in [-0.15, -0.1) is 0 Å². The number of nitriles is 1. The number of anilines is 1. The predicted octanol–water partition coefficient (Wildman–Crippen LogP) is 2.14. The van der Waals surface area contributed by atoms with Crippen LogP contribution < -0.4 is 5.32 Å². The molecule has 1 N–H and O–H groups in total. The third kappa shape index (κ3) is 3.22. The Morgan fingerprint density at radius 1 is 1.60 bits per heavy atom. The van der Waals surface area contributed by atoms with Gasteiger partial charge in [0.2, 0.25) is 0 Å². The zero-order valence-electron chi connectivity index (χ0n) is 8.75. The zero-order valence-corrected chi connectivity index (χ0v) is 8.75. The van der Waals surface area contributed by atoms with Gasteiger partial charge < -0.3 is 10.1 Å². The van der Waals surface area contributed by atoms with Crippen LogP contribution in [0.15, 0.2) is 18.2 Å². The highest BCUT2D eigenvalue weighted by Gasteiger charge is 2.05. The van der Waals surface area contributed by atoms with Gasteiger partial charge in [-0.1, -0.05) is 0 Å². The fraction of sp³-hybridized carbons (Fsp3) is 0.364. The monoisotopic (exact) mass is 208 g/mol. The van der Waals surface area contributed by atoms with Crippen molar-refractivity contribution >= 4 is 5.69 Å². The number of halogens is 1. The molecule has 0 amide bonds. The maximum absolute atomic E-state index is 13.0. The summed E-state index contributed by atoms with van der Waals surface area (Å²) in [6.07, 6.45) is 0. The Hall–Kier alpha value is -1.60. The Kier molecular flexibility index (Phi) is 4.07. The largest absolute Gasteiger partial charge is 0.383 e. The fourth-order valence-electron chi connectivity index (χ4n) is 1.28. The first-order valence-electron chi connectivity index (χ1n) is 4.62. The van der Waals surface area contributed by atoms with Crippen molar-refractivity contribution in [3.05, 3.63) is 29.6 Å². The molecule has 0 spiro atoms. The summed E-state index contributed by atoms with van der Waals surface area (Å²) in [6.45, 7) is 2.50. The molecule has 0 aromatic heterocycles. The van der Waals surface area contributed by atoms with Crippen LogP contribution in [0, 0.1) is 17.1 Å². The van der Waals surface area contributed by atoms with Crippen molar-refractivity contribution in [1.82, 2.24) is 0 Å². The normalized spacial score (nSPS) is 11.9. The van der Waals surface area contributed by atoms with E-state index >= 15 is 0 Å². The average Bonchev–Trinajstić information content (AvgIpc) is 2.21. The SMILES string of the molecule is COCC(C)Nc1ccc(F)c(C#N)c1. The van der Waals surface area contributed by atoms with Crippen LogP contribution in [0.4, 0.5) is 10.1 Å². The molecular weight excluding hydrogens is 195 g/mol. The summed E-state index contributed by atoms with van der Waals surface area (Å²) >= 11 is 0. The fourth-order valence-corrected chi connectivity index (χ4v) is 1.28. The maximum atomic E-state index is 13.0. The third-order valence-corrected chi connectivity index (χ3v) is 1.92. The lowest BCUT2D eigenvalue weighted by atomic mass is 10.2. The van der Waals surface area contributed by atoms with Gasteiger partial charge in [0.25, 0.3) is 0 Å². The van der Waals surface area contributed by atoms with Crippen LogP contribution in [0.3, 0.4) is 0 Å². The standard InChI is InChI=1S/C11H13FN2O/c1-8(7-15-2)14-10-3-4-11(12)9(5-10)6-13/h3-5,8,14H,7H2,1-2H3. The summed E-state index contributed by atoms with van der Waals surface area (Å²) in [4.78, 5) is 0. The highest BCUT2D eigenvalue weighted by atomic mass is 19.1. The second-order valence-corrected chi connectivity index (χ2v) is 3.31. The third-order valence-electron chi connectivity index (χ3n) is 1.92. The molecule has 1 aromatic carbocycles. The quantitative estimate of drug-likeness (QED) is 0.824. The van der Waals surface area contributed by atoms with Crippen molar-refractivity contribution in [2.75, 3.05) is 19.0 Å². The molecule has 1 atom stereocenters. The molecule has 0 bridgehead atoms. The van der Waals surface area contributed by atoms with Crippen LogP contribution in [0.5, 0.6) is 0 Å². The van der Waals surface area contributed by atoms with E-state index in [1.165, 1.54) is 12.1 Å². The molecule has 0 aliphatic heterocycles. The molecule has 80 valence electrons. The lowest BCUT2D eigenvalue weighted by Crippen LogP contribution is -2.20. The van der Waals surface area contributed by atoms with Crippen LogP contribution in [0.2, 0.25) is 0 Å². The minimum absolute atomic E-state index is 0.0459. The molecule has 0 aliphatic rings. The van der Waals surface area contributed by atoms with Gasteiger partial charge in [-0.2, -0.15) is 5.26 Å². The van der Waals surface area contributed by atoms with Crippen molar-refractivity contribution in [2.45, 2.75) is 13.0 Å². The number of rotatable bonds is 4. The second kappa shape index (κ2) is 5.32. The zero-order chi connectivity index (χ0) is 11.3. The number of hydrogen-bond donors (Lipinski definition) is 1. The molecule has 3 nitrogen and oxygen atoms in total. The minimum atomic E-state index is -0.498. The first-order chi connectivity index (χ1) is 7.17. The molecule has 0 fully saturated rings.